The smallest absolute Gasteiger partial charge is 0.410 e. The number of Topliss-reactive ketones (excluding diaryl/α,β-unsaturated/α-hetero) is 1. The number of amides is 1. The fourth-order valence-electron chi connectivity index (χ4n) is 1.44. The molecule has 0 bridgehead atoms. The second-order valence-electron chi connectivity index (χ2n) is 5.77. The van der Waals surface area contributed by atoms with Crippen LogP contribution in [0.5, 0.6) is 0 Å². The molecule has 0 aromatic rings. The molecule has 0 saturated carbocycles. The molecular weight excluding hydrogens is 290 g/mol. The van der Waals surface area contributed by atoms with Crippen molar-refractivity contribution in [2.24, 2.45) is 5.73 Å². The summed E-state index contributed by atoms with van der Waals surface area (Å²) in [6, 6.07) is 0.325. The summed E-state index contributed by atoms with van der Waals surface area (Å²) in [4.78, 5) is 37.0. The van der Waals surface area contributed by atoms with Gasteiger partial charge in [0.15, 0.2) is 0 Å². The van der Waals surface area contributed by atoms with E-state index in [-0.39, 0.29) is 6.61 Å². The summed E-state index contributed by atoms with van der Waals surface area (Å²) in [6.45, 7) is 7.87. The van der Waals surface area contributed by atoms with E-state index in [2.05, 4.69) is 4.74 Å². The molecular formula is C14H23N3O5. The Bertz CT molecular complexity index is 492. The number of esters is 1. The molecule has 0 aromatic heterocycles. The highest BCUT2D eigenvalue weighted by Gasteiger charge is 2.48. The van der Waals surface area contributed by atoms with Crippen LogP contribution in [-0.2, 0) is 19.1 Å². The van der Waals surface area contributed by atoms with Crippen LogP contribution in [0.25, 0.3) is 0 Å². The summed E-state index contributed by atoms with van der Waals surface area (Å²) in [7, 11) is 1.32. The summed E-state index contributed by atoms with van der Waals surface area (Å²) < 4.78 is 9.77. The molecule has 0 aliphatic rings. The van der Waals surface area contributed by atoms with Gasteiger partial charge in [0.05, 0.1) is 12.6 Å². The highest BCUT2D eigenvalue weighted by molar-refractivity contribution is 6.13. The molecule has 0 aliphatic heterocycles. The Morgan fingerprint density at radius 1 is 1.32 bits per heavy atom. The fourth-order valence-corrected chi connectivity index (χ4v) is 1.44. The minimum absolute atomic E-state index is 0.0248. The lowest BCUT2D eigenvalue weighted by Crippen LogP contribution is -2.61. The number of hydrogen-bond acceptors (Lipinski definition) is 7. The molecule has 0 aliphatic carbocycles. The second-order valence-corrected chi connectivity index (χ2v) is 5.77. The third-order valence-electron chi connectivity index (χ3n) is 2.80. The second kappa shape index (κ2) is 7.22. The molecule has 0 aromatic carbocycles. The third kappa shape index (κ3) is 4.70. The minimum Gasteiger partial charge on any atom is -0.463 e. The lowest BCUT2D eigenvalue weighted by atomic mass is 9.92. The number of likely N-dealkylation sites (N-methyl/N-ethyl adjacent to an activating group) is 1. The predicted molar refractivity (Wildman–Crippen MR) is 77.6 cm³/mol. The van der Waals surface area contributed by atoms with E-state index in [0.29, 0.717) is 0 Å². The van der Waals surface area contributed by atoms with Crippen LogP contribution < -0.4 is 5.73 Å². The first-order chi connectivity index (χ1) is 9.90. The molecule has 8 nitrogen and oxygen atoms in total. The average Bonchev–Trinajstić information content (AvgIpc) is 2.42. The maximum Gasteiger partial charge on any atom is 0.410 e. The van der Waals surface area contributed by atoms with Crippen LogP contribution in [0.15, 0.2) is 0 Å². The molecule has 0 spiro atoms. The maximum absolute atomic E-state index is 12.3. The van der Waals surface area contributed by atoms with Crippen molar-refractivity contribution in [1.29, 1.82) is 5.26 Å². The number of ketones is 1. The van der Waals surface area contributed by atoms with E-state index in [1.54, 1.807) is 20.8 Å². The van der Waals surface area contributed by atoms with Gasteiger partial charge in [-0.1, -0.05) is 0 Å². The number of ether oxygens (including phenoxy) is 2. The predicted octanol–water partition coefficient (Wildman–Crippen LogP) is 0.595. The number of nitrogens with two attached hydrogens (primary N) is 1. The van der Waals surface area contributed by atoms with Gasteiger partial charge >= 0.3 is 12.1 Å². The van der Waals surface area contributed by atoms with Crippen LogP contribution in [0.4, 0.5) is 4.79 Å². The molecule has 0 fully saturated rings. The van der Waals surface area contributed by atoms with E-state index in [4.69, 9.17) is 15.7 Å². The van der Waals surface area contributed by atoms with E-state index in [9.17, 15) is 14.4 Å². The van der Waals surface area contributed by atoms with Gasteiger partial charge in [0.2, 0.25) is 5.78 Å². The molecule has 1 amide bonds. The molecule has 1 unspecified atom stereocenters. The fraction of sp³-hybridized carbons (Fsp3) is 0.714. The van der Waals surface area contributed by atoms with Crippen molar-refractivity contribution >= 4 is 17.8 Å². The van der Waals surface area contributed by atoms with E-state index in [1.165, 1.54) is 27.0 Å². The first kappa shape index (κ1) is 19.9. The van der Waals surface area contributed by atoms with Gasteiger partial charge in [0, 0.05) is 7.05 Å². The Labute approximate surface area is 130 Å². The van der Waals surface area contributed by atoms with Crippen LogP contribution in [0.1, 0.15) is 34.6 Å². The van der Waals surface area contributed by atoms with Gasteiger partial charge in [-0.3, -0.25) is 10.5 Å². The van der Waals surface area contributed by atoms with Crippen molar-refractivity contribution in [3.05, 3.63) is 0 Å². The van der Waals surface area contributed by atoms with E-state index >= 15 is 0 Å². The van der Waals surface area contributed by atoms with Crippen LogP contribution >= 0.6 is 0 Å². The first-order valence-electron chi connectivity index (χ1n) is 6.78. The Kier molecular flexibility index (Phi) is 6.52. The van der Waals surface area contributed by atoms with Crippen LogP contribution in [0, 0.1) is 11.3 Å². The van der Waals surface area contributed by atoms with Gasteiger partial charge in [0.1, 0.15) is 11.7 Å². The molecule has 0 heterocycles. The lowest BCUT2D eigenvalue weighted by Gasteiger charge is -2.30. The van der Waals surface area contributed by atoms with Crippen LogP contribution in [0.2, 0.25) is 0 Å². The SMILES string of the molecule is CCOC(=O)C(N)(C#N)C(=O)[C@@H](C)N(C)C(=O)OC(C)(C)C. The Balaban J connectivity index is 5.23. The number of hydrogen-bond donors (Lipinski definition) is 1. The van der Waals surface area contributed by atoms with Gasteiger partial charge < -0.3 is 14.4 Å². The van der Waals surface area contributed by atoms with Crippen molar-refractivity contribution < 1.29 is 23.9 Å². The van der Waals surface area contributed by atoms with E-state index in [0.717, 1.165) is 4.90 Å². The van der Waals surface area contributed by atoms with Crippen LogP contribution in [0.3, 0.4) is 0 Å². The van der Waals surface area contributed by atoms with E-state index < -0.39 is 35.0 Å². The summed E-state index contributed by atoms with van der Waals surface area (Å²) in [6.07, 6.45) is -0.766. The largest absolute Gasteiger partial charge is 0.463 e. The Morgan fingerprint density at radius 3 is 2.18 bits per heavy atom. The molecule has 2 atom stereocenters. The quantitative estimate of drug-likeness (QED) is 0.582. The van der Waals surface area contributed by atoms with Crippen molar-refractivity contribution in [2.45, 2.75) is 51.8 Å². The summed E-state index contributed by atoms with van der Waals surface area (Å²) in [5.41, 5.74) is 2.36. The first-order valence-corrected chi connectivity index (χ1v) is 6.78. The van der Waals surface area contributed by atoms with Gasteiger partial charge in [-0.05, 0) is 34.6 Å². The van der Waals surface area contributed by atoms with Crippen molar-refractivity contribution in [1.82, 2.24) is 4.90 Å². The number of carbonyl (C=O) groups is 3. The summed E-state index contributed by atoms with van der Waals surface area (Å²) in [5, 5.41) is 9.08. The standard InChI is InChI=1S/C14H23N3O5/c1-7-21-11(19)14(16,8-15)10(18)9(2)17(6)12(20)22-13(3,4)5/h9H,7,16H2,1-6H3/t9-,14?/m1/s1. The topological polar surface area (TPSA) is 123 Å². The average molecular weight is 313 g/mol. The molecule has 0 radical (unpaired) electrons. The highest BCUT2D eigenvalue weighted by atomic mass is 16.6. The monoisotopic (exact) mass is 313 g/mol. The molecule has 2 N–H and O–H groups in total. The maximum atomic E-state index is 12.3. The molecule has 0 saturated heterocycles. The minimum atomic E-state index is -2.47. The highest BCUT2D eigenvalue weighted by Crippen LogP contribution is 2.15. The van der Waals surface area contributed by atoms with Crippen molar-refractivity contribution in [3.63, 3.8) is 0 Å². The zero-order chi connectivity index (χ0) is 17.7. The molecule has 8 heteroatoms. The van der Waals surface area contributed by atoms with E-state index in [1.807, 2.05) is 0 Å². The zero-order valence-electron chi connectivity index (χ0n) is 13.8. The normalized spacial score (nSPS) is 15.0. The van der Waals surface area contributed by atoms with Gasteiger partial charge in [-0.15, -0.1) is 0 Å². The number of nitrogens with zero attached hydrogens (tertiary/aromatic N) is 2. The zero-order valence-corrected chi connectivity index (χ0v) is 13.8. The molecule has 124 valence electrons. The van der Waals surface area contributed by atoms with Gasteiger partial charge in [-0.2, -0.15) is 5.26 Å². The molecule has 0 rings (SSSR count). The van der Waals surface area contributed by atoms with Crippen molar-refractivity contribution in [3.8, 4) is 6.07 Å². The number of rotatable bonds is 5. The third-order valence-corrected chi connectivity index (χ3v) is 2.80. The van der Waals surface area contributed by atoms with Gasteiger partial charge in [-0.25, -0.2) is 9.59 Å². The molecule has 22 heavy (non-hydrogen) atoms. The Hall–Kier alpha value is -2.14. The summed E-state index contributed by atoms with van der Waals surface area (Å²) >= 11 is 0. The van der Waals surface area contributed by atoms with Crippen molar-refractivity contribution in [2.75, 3.05) is 13.7 Å². The lowest BCUT2D eigenvalue weighted by molar-refractivity contribution is -0.152. The van der Waals surface area contributed by atoms with Crippen LogP contribution in [-0.4, -0.2) is 53.6 Å². The Morgan fingerprint density at radius 2 is 1.82 bits per heavy atom. The number of nitriles is 1. The number of carbonyl (C=O) groups excluding carboxylic acids is 3. The summed E-state index contributed by atoms with van der Waals surface area (Å²) in [5.74, 6) is -2.09. The van der Waals surface area contributed by atoms with Gasteiger partial charge in [0.25, 0.3) is 5.54 Å².